The van der Waals surface area contributed by atoms with Crippen LogP contribution in [0, 0.1) is 0 Å². The lowest BCUT2D eigenvalue weighted by Crippen LogP contribution is -2.15. The maximum absolute atomic E-state index is 13.1. The Hall–Kier alpha value is -1.74. The van der Waals surface area contributed by atoms with Crippen LogP contribution in [0.3, 0.4) is 0 Å². The average molecular weight is 354 g/mol. The summed E-state index contributed by atoms with van der Waals surface area (Å²) in [5.41, 5.74) is -1.68. The highest BCUT2D eigenvalue weighted by atomic mass is 35.5. The summed E-state index contributed by atoms with van der Waals surface area (Å²) in [6.07, 6.45) is -7.64. The molecule has 10 heteroatoms. The molecule has 3 rings (SSSR count). The van der Waals surface area contributed by atoms with Gasteiger partial charge in [0.05, 0.1) is 24.5 Å². The van der Waals surface area contributed by atoms with E-state index in [1.165, 1.54) is 0 Å². The molecular weight excluding hydrogens is 345 g/mol. The van der Waals surface area contributed by atoms with E-state index in [-0.39, 0.29) is 36.0 Å². The van der Waals surface area contributed by atoms with Crippen molar-refractivity contribution < 1.29 is 26.7 Å². The molecule has 1 aliphatic rings. The highest BCUT2D eigenvalue weighted by Crippen LogP contribution is 2.36. The number of hydrogen-bond donors (Lipinski definition) is 0. The fraction of sp³-hybridized carbons (Fsp3) is 0.385. The molecule has 0 saturated heterocycles. The van der Waals surface area contributed by atoms with E-state index in [0.29, 0.717) is 0 Å². The second-order valence-corrected chi connectivity index (χ2v) is 5.22. The smallest absolute Gasteiger partial charge is 0.375 e. The lowest BCUT2D eigenvalue weighted by atomic mass is 10.1. The maximum atomic E-state index is 13.1. The van der Waals surface area contributed by atoms with Crippen molar-refractivity contribution in [2.75, 3.05) is 6.61 Å². The van der Waals surface area contributed by atoms with Gasteiger partial charge in [-0.1, -0.05) is 11.6 Å². The minimum atomic E-state index is -4.70. The van der Waals surface area contributed by atoms with Gasteiger partial charge in [-0.25, -0.2) is 18.4 Å². The zero-order chi connectivity index (χ0) is 16.8. The van der Waals surface area contributed by atoms with E-state index < -0.39 is 29.7 Å². The first-order valence-corrected chi connectivity index (χ1v) is 6.87. The molecule has 0 unspecified atom stereocenters. The number of ether oxygens (including phenoxy) is 1. The SMILES string of the molecule is FC(F)c1ccc(Cl)nc1-n1nc(C(F)(F)F)c2c1COCC2. The summed E-state index contributed by atoms with van der Waals surface area (Å²) in [5, 5.41) is 3.35. The third kappa shape index (κ3) is 2.90. The largest absolute Gasteiger partial charge is 0.435 e. The highest BCUT2D eigenvalue weighted by Gasteiger charge is 2.40. The number of halogens is 6. The molecule has 3 heterocycles. The Kier molecular flexibility index (Phi) is 4.01. The average Bonchev–Trinajstić information content (AvgIpc) is 2.86. The van der Waals surface area contributed by atoms with Crippen molar-refractivity contribution >= 4 is 11.6 Å². The van der Waals surface area contributed by atoms with Crippen LogP contribution in [-0.2, 0) is 23.9 Å². The number of alkyl halides is 5. The van der Waals surface area contributed by atoms with Crippen LogP contribution in [0.25, 0.3) is 5.82 Å². The van der Waals surface area contributed by atoms with Gasteiger partial charge in [-0.05, 0) is 18.6 Å². The molecule has 0 saturated carbocycles. The van der Waals surface area contributed by atoms with Crippen LogP contribution >= 0.6 is 11.6 Å². The van der Waals surface area contributed by atoms with Crippen LogP contribution in [0.1, 0.15) is 28.9 Å². The van der Waals surface area contributed by atoms with E-state index in [1.54, 1.807) is 0 Å². The third-order valence-electron chi connectivity index (χ3n) is 3.40. The second-order valence-electron chi connectivity index (χ2n) is 4.83. The molecule has 2 aromatic rings. The predicted molar refractivity (Wildman–Crippen MR) is 69.7 cm³/mol. The molecule has 23 heavy (non-hydrogen) atoms. The Labute approximate surface area is 131 Å². The zero-order valence-corrected chi connectivity index (χ0v) is 12.1. The van der Waals surface area contributed by atoms with Gasteiger partial charge in [0.25, 0.3) is 6.43 Å². The molecule has 0 spiro atoms. The molecular formula is C13H9ClF5N3O. The minimum Gasteiger partial charge on any atom is -0.375 e. The van der Waals surface area contributed by atoms with Gasteiger partial charge in [0.15, 0.2) is 11.5 Å². The van der Waals surface area contributed by atoms with Gasteiger partial charge in [0.1, 0.15) is 5.15 Å². The fourth-order valence-corrected chi connectivity index (χ4v) is 2.56. The van der Waals surface area contributed by atoms with E-state index in [4.69, 9.17) is 16.3 Å². The normalized spacial score (nSPS) is 15.1. The van der Waals surface area contributed by atoms with Crippen LogP contribution < -0.4 is 0 Å². The van der Waals surface area contributed by atoms with Crippen molar-refractivity contribution in [2.45, 2.75) is 25.6 Å². The molecule has 0 aliphatic carbocycles. The number of nitrogens with zero attached hydrogens (tertiary/aromatic N) is 3. The van der Waals surface area contributed by atoms with Gasteiger partial charge in [-0.3, -0.25) is 0 Å². The van der Waals surface area contributed by atoms with Crippen LogP contribution in [0.4, 0.5) is 22.0 Å². The number of pyridine rings is 1. The lowest BCUT2D eigenvalue weighted by molar-refractivity contribution is -0.142. The van der Waals surface area contributed by atoms with Gasteiger partial charge in [-0.15, -0.1) is 0 Å². The molecule has 1 aliphatic heterocycles. The molecule has 2 aromatic heterocycles. The maximum Gasteiger partial charge on any atom is 0.435 e. The first-order chi connectivity index (χ1) is 10.8. The van der Waals surface area contributed by atoms with Crippen LogP contribution in [0.5, 0.6) is 0 Å². The van der Waals surface area contributed by atoms with E-state index in [1.807, 2.05) is 0 Å². The van der Waals surface area contributed by atoms with Crippen molar-refractivity contribution in [3.05, 3.63) is 39.8 Å². The molecule has 0 amide bonds. The van der Waals surface area contributed by atoms with E-state index in [2.05, 4.69) is 10.1 Å². The predicted octanol–water partition coefficient (Wildman–Crippen LogP) is 3.95. The molecule has 4 nitrogen and oxygen atoms in total. The molecule has 0 atom stereocenters. The number of fused-ring (bicyclic) bond motifs is 1. The standard InChI is InChI=1S/C13H9ClF5N3O/c14-9-2-1-7(11(15)16)12(20-9)22-8-5-23-4-3-6(8)10(21-22)13(17,18)19/h1-2,11H,3-5H2. The fourth-order valence-electron chi connectivity index (χ4n) is 2.42. The Balaban J connectivity index is 2.25. The Morgan fingerprint density at radius 1 is 1.26 bits per heavy atom. The molecule has 0 aromatic carbocycles. The summed E-state index contributed by atoms with van der Waals surface area (Å²) >= 11 is 5.70. The minimum absolute atomic E-state index is 0.00520. The molecule has 124 valence electrons. The van der Waals surface area contributed by atoms with Gasteiger partial charge < -0.3 is 4.74 Å². The summed E-state index contributed by atoms with van der Waals surface area (Å²) in [7, 11) is 0. The van der Waals surface area contributed by atoms with Gasteiger partial charge in [0.2, 0.25) is 0 Å². The van der Waals surface area contributed by atoms with Crippen LogP contribution in [0.15, 0.2) is 12.1 Å². The Morgan fingerprint density at radius 3 is 2.65 bits per heavy atom. The lowest BCUT2D eigenvalue weighted by Gasteiger charge is -2.16. The molecule has 0 fully saturated rings. The van der Waals surface area contributed by atoms with E-state index in [9.17, 15) is 22.0 Å². The van der Waals surface area contributed by atoms with Gasteiger partial charge in [-0.2, -0.15) is 18.3 Å². The zero-order valence-electron chi connectivity index (χ0n) is 11.4. The van der Waals surface area contributed by atoms with Crippen molar-refractivity contribution in [3.8, 4) is 5.82 Å². The summed E-state index contributed by atoms with van der Waals surface area (Å²) < 4.78 is 71.6. The summed E-state index contributed by atoms with van der Waals surface area (Å²) in [6, 6.07) is 2.16. The van der Waals surface area contributed by atoms with Crippen molar-refractivity contribution in [1.82, 2.24) is 14.8 Å². The molecule has 0 N–H and O–H groups in total. The summed E-state index contributed by atoms with van der Waals surface area (Å²) in [4.78, 5) is 3.73. The first kappa shape index (κ1) is 16.1. The second kappa shape index (κ2) is 5.72. The van der Waals surface area contributed by atoms with Crippen molar-refractivity contribution in [1.29, 1.82) is 0 Å². The van der Waals surface area contributed by atoms with E-state index >= 15 is 0 Å². The number of rotatable bonds is 2. The summed E-state index contributed by atoms with van der Waals surface area (Å²) in [5.74, 6) is -0.426. The first-order valence-electron chi connectivity index (χ1n) is 6.49. The quantitative estimate of drug-likeness (QED) is 0.606. The van der Waals surface area contributed by atoms with Crippen molar-refractivity contribution in [2.24, 2.45) is 0 Å². The van der Waals surface area contributed by atoms with Crippen molar-refractivity contribution in [3.63, 3.8) is 0 Å². The third-order valence-corrected chi connectivity index (χ3v) is 3.61. The topological polar surface area (TPSA) is 39.9 Å². The van der Waals surface area contributed by atoms with E-state index in [0.717, 1.165) is 16.8 Å². The van der Waals surface area contributed by atoms with Crippen LogP contribution in [0.2, 0.25) is 5.15 Å². The van der Waals surface area contributed by atoms with Gasteiger partial charge in [0, 0.05) is 5.56 Å². The molecule has 0 bridgehead atoms. The van der Waals surface area contributed by atoms with Gasteiger partial charge >= 0.3 is 6.18 Å². The Morgan fingerprint density at radius 2 is 2.00 bits per heavy atom. The summed E-state index contributed by atoms with van der Waals surface area (Å²) in [6.45, 7) is -0.0677. The Bertz CT molecular complexity index is 744. The monoisotopic (exact) mass is 353 g/mol. The number of hydrogen-bond acceptors (Lipinski definition) is 3. The number of aromatic nitrogens is 3. The highest BCUT2D eigenvalue weighted by molar-refractivity contribution is 6.29. The van der Waals surface area contributed by atoms with Crippen LogP contribution in [-0.4, -0.2) is 21.4 Å². The molecule has 0 radical (unpaired) electrons.